The number of unbranched alkanes of at least 4 members (excludes halogenated alkanes) is 1. The van der Waals surface area contributed by atoms with E-state index in [1.54, 1.807) is 0 Å². The van der Waals surface area contributed by atoms with Crippen LogP contribution in [-0.2, 0) is 4.74 Å². The molecule has 1 N–H and O–H groups in total. The monoisotopic (exact) mass is 270 g/mol. The lowest BCUT2D eigenvalue weighted by atomic mass is 9.98. The van der Waals surface area contributed by atoms with Gasteiger partial charge in [-0.3, -0.25) is 0 Å². The number of hydrogen-bond acceptors (Lipinski definition) is 3. The number of nitrogens with one attached hydrogen (secondary N) is 1. The van der Waals surface area contributed by atoms with Gasteiger partial charge in [0.2, 0.25) is 0 Å². The van der Waals surface area contributed by atoms with Crippen LogP contribution in [0.2, 0.25) is 0 Å². The summed E-state index contributed by atoms with van der Waals surface area (Å²) in [6, 6.07) is 0.683. The maximum Gasteiger partial charge on any atom is 0.0502 e. The predicted octanol–water partition coefficient (Wildman–Crippen LogP) is 2.90. The fourth-order valence-corrected chi connectivity index (χ4v) is 3.00. The van der Waals surface area contributed by atoms with Crippen molar-refractivity contribution in [3.05, 3.63) is 0 Å². The van der Waals surface area contributed by atoms with Crippen LogP contribution in [0.15, 0.2) is 0 Å². The van der Waals surface area contributed by atoms with E-state index in [1.165, 1.54) is 58.2 Å². The fourth-order valence-electron chi connectivity index (χ4n) is 3.00. The van der Waals surface area contributed by atoms with E-state index in [9.17, 15) is 0 Å². The molecule has 0 bridgehead atoms. The van der Waals surface area contributed by atoms with Gasteiger partial charge in [-0.15, -0.1) is 0 Å². The zero-order valence-corrected chi connectivity index (χ0v) is 13.3. The third kappa shape index (κ3) is 7.91. The number of ether oxygens (including phenoxy) is 1. The smallest absolute Gasteiger partial charge is 0.0502 e. The van der Waals surface area contributed by atoms with Crippen LogP contribution in [-0.4, -0.2) is 50.8 Å². The molecule has 1 aliphatic heterocycles. The van der Waals surface area contributed by atoms with Gasteiger partial charge in [-0.05, 0) is 64.6 Å². The van der Waals surface area contributed by atoms with E-state index in [1.807, 2.05) is 7.11 Å². The van der Waals surface area contributed by atoms with Crippen molar-refractivity contribution >= 4 is 0 Å². The molecule has 0 aromatic carbocycles. The molecule has 0 aromatic heterocycles. The molecule has 114 valence electrons. The normalized spacial score (nSPS) is 22.6. The van der Waals surface area contributed by atoms with Crippen molar-refractivity contribution in [1.29, 1.82) is 0 Å². The van der Waals surface area contributed by atoms with E-state index in [4.69, 9.17) is 4.74 Å². The molecule has 2 unspecified atom stereocenters. The Morgan fingerprint density at radius 3 is 2.95 bits per heavy atom. The largest absolute Gasteiger partial charge is 0.384 e. The summed E-state index contributed by atoms with van der Waals surface area (Å²) < 4.78 is 5.29. The van der Waals surface area contributed by atoms with Gasteiger partial charge in [-0.1, -0.05) is 13.3 Å². The number of hydrogen-bond donors (Lipinski definition) is 1. The topological polar surface area (TPSA) is 24.5 Å². The van der Waals surface area contributed by atoms with Crippen LogP contribution in [0.1, 0.15) is 52.4 Å². The Bertz CT molecular complexity index is 209. The number of rotatable bonds is 10. The van der Waals surface area contributed by atoms with Crippen molar-refractivity contribution in [2.45, 2.75) is 58.4 Å². The van der Waals surface area contributed by atoms with Crippen molar-refractivity contribution in [2.75, 3.05) is 39.9 Å². The molecule has 1 rings (SSSR count). The average molecular weight is 270 g/mol. The first-order chi connectivity index (χ1) is 9.26. The van der Waals surface area contributed by atoms with E-state index < -0.39 is 0 Å². The maximum atomic E-state index is 5.29. The molecule has 0 aromatic rings. The maximum absolute atomic E-state index is 5.29. The molecule has 0 spiro atoms. The highest BCUT2D eigenvalue weighted by molar-refractivity contribution is 4.73. The Morgan fingerprint density at radius 1 is 1.37 bits per heavy atom. The molecule has 1 heterocycles. The number of nitrogens with zero attached hydrogens (tertiary/aromatic N) is 1. The first-order valence-electron chi connectivity index (χ1n) is 8.21. The van der Waals surface area contributed by atoms with Gasteiger partial charge in [0.1, 0.15) is 0 Å². The average Bonchev–Trinajstić information content (AvgIpc) is 2.42. The first-order valence-corrected chi connectivity index (χ1v) is 8.21. The summed E-state index contributed by atoms with van der Waals surface area (Å²) in [5.74, 6) is 0.767. The molecule has 0 amide bonds. The van der Waals surface area contributed by atoms with Gasteiger partial charge in [0.15, 0.2) is 0 Å². The van der Waals surface area contributed by atoms with Crippen molar-refractivity contribution in [1.82, 2.24) is 10.2 Å². The minimum absolute atomic E-state index is 0.683. The van der Waals surface area contributed by atoms with Crippen molar-refractivity contribution in [3.8, 4) is 0 Å². The van der Waals surface area contributed by atoms with Crippen LogP contribution in [0, 0.1) is 5.92 Å². The molecule has 0 aliphatic carbocycles. The van der Waals surface area contributed by atoms with Gasteiger partial charge in [-0.25, -0.2) is 0 Å². The zero-order chi connectivity index (χ0) is 13.9. The second-order valence-corrected chi connectivity index (χ2v) is 6.12. The van der Waals surface area contributed by atoms with Gasteiger partial charge in [0.05, 0.1) is 6.61 Å². The van der Waals surface area contributed by atoms with E-state index in [2.05, 4.69) is 24.1 Å². The zero-order valence-electron chi connectivity index (χ0n) is 13.3. The highest BCUT2D eigenvalue weighted by atomic mass is 16.5. The molecular weight excluding hydrogens is 236 g/mol. The predicted molar refractivity (Wildman–Crippen MR) is 82.6 cm³/mol. The second kappa shape index (κ2) is 10.6. The Labute approximate surface area is 120 Å². The fraction of sp³-hybridized carbons (Fsp3) is 1.00. The highest BCUT2D eigenvalue weighted by Gasteiger charge is 2.19. The number of methoxy groups -OCH3 is 1. The summed E-state index contributed by atoms with van der Waals surface area (Å²) in [5, 5.41) is 3.56. The summed E-state index contributed by atoms with van der Waals surface area (Å²) in [6.45, 7) is 10.5. The second-order valence-electron chi connectivity index (χ2n) is 6.12. The van der Waals surface area contributed by atoms with Crippen molar-refractivity contribution in [2.24, 2.45) is 5.92 Å². The first kappa shape index (κ1) is 16.9. The van der Waals surface area contributed by atoms with Gasteiger partial charge in [0, 0.05) is 19.7 Å². The lowest BCUT2D eigenvalue weighted by Crippen LogP contribution is -2.37. The third-order valence-electron chi connectivity index (χ3n) is 4.11. The van der Waals surface area contributed by atoms with Gasteiger partial charge in [0.25, 0.3) is 0 Å². The summed E-state index contributed by atoms with van der Waals surface area (Å²) in [5.41, 5.74) is 0. The molecule has 19 heavy (non-hydrogen) atoms. The van der Waals surface area contributed by atoms with Crippen LogP contribution in [0.25, 0.3) is 0 Å². The van der Waals surface area contributed by atoms with E-state index >= 15 is 0 Å². The Balaban J connectivity index is 2.02. The molecule has 1 saturated heterocycles. The molecule has 3 heteroatoms. The van der Waals surface area contributed by atoms with Crippen LogP contribution in [0.5, 0.6) is 0 Å². The molecule has 3 nitrogen and oxygen atoms in total. The Kier molecular flexibility index (Phi) is 9.48. The summed E-state index contributed by atoms with van der Waals surface area (Å²) >= 11 is 0. The molecular formula is C16H34N2O. The van der Waals surface area contributed by atoms with Crippen LogP contribution < -0.4 is 5.32 Å². The number of likely N-dealkylation sites (tertiary alicyclic amines) is 1. The van der Waals surface area contributed by atoms with Gasteiger partial charge >= 0.3 is 0 Å². The SMILES string of the molecule is CCCNC(C)CCCCN1CCCC(COC)C1. The van der Waals surface area contributed by atoms with Crippen molar-refractivity contribution in [3.63, 3.8) is 0 Å². The lowest BCUT2D eigenvalue weighted by Gasteiger charge is -2.32. The van der Waals surface area contributed by atoms with Crippen LogP contribution >= 0.6 is 0 Å². The standard InChI is InChI=1S/C16H34N2O/c1-4-10-17-15(2)8-5-6-11-18-12-7-9-16(13-18)14-19-3/h15-17H,4-14H2,1-3H3. The Morgan fingerprint density at radius 2 is 2.21 bits per heavy atom. The van der Waals surface area contributed by atoms with E-state index in [0.717, 1.165) is 19.1 Å². The molecule has 1 aliphatic rings. The molecule has 1 fully saturated rings. The van der Waals surface area contributed by atoms with E-state index in [0.29, 0.717) is 6.04 Å². The summed E-state index contributed by atoms with van der Waals surface area (Å²) in [4.78, 5) is 2.64. The lowest BCUT2D eigenvalue weighted by molar-refractivity contribution is 0.0897. The van der Waals surface area contributed by atoms with Gasteiger partial charge in [-0.2, -0.15) is 0 Å². The van der Waals surface area contributed by atoms with Crippen LogP contribution in [0.3, 0.4) is 0 Å². The quantitative estimate of drug-likeness (QED) is 0.618. The molecule has 0 radical (unpaired) electrons. The third-order valence-corrected chi connectivity index (χ3v) is 4.11. The van der Waals surface area contributed by atoms with Crippen molar-refractivity contribution < 1.29 is 4.74 Å². The minimum Gasteiger partial charge on any atom is -0.384 e. The summed E-state index contributed by atoms with van der Waals surface area (Å²) in [6.07, 6.45) is 7.94. The Hall–Kier alpha value is -0.120. The minimum atomic E-state index is 0.683. The van der Waals surface area contributed by atoms with Crippen LogP contribution in [0.4, 0.5) is 0 Å². The summed E-state index contributed by atoms with van der Waals surface area (Å²) in [7, 11) is 1.82. The molecule has 0 saturated carbocycles. The molecule has 2 atom stereocenters. The van der Waals surface area contributed by atoms with E-state index in [-0.39, 0.29) is 0 Å². The number of piperidine rings is 1. The van der Waals surface area contributed by atoms with Gasteiger partial charge < -0.3 is 15.0 Å². The highest BCUT2D eigenvalue weighted by Crippen LogP contribution is 2.17.